The molecule has 2 aromatic rings. The van der Waals surface area contributed by atoms with E-state index in [1.54, 1.807) is 31.2 Å². The van der Waals surface area contributed by atoms with E-state index in [4.69, 9.17) is 9.47 Å². The number of hydrogen-bond acceptors (Lipinski definition) is 7. The summed E-state index contributed by atoms with van der Waals surface area (Å²) < 4.78 is 78.1. The lowest BCUT2D eigenvalue weighted by Crippen LogP contribution is -2.29. The minimum atomic E-state index is -6.13. The summed E-state index contributed by atoms with van der Waals surface area (Å²) in [6.45, 7) is 3.12. The predicted octanol–water partition coefficient (Wildman–Crippen LogP) is 5.51. The summed E-state index contributed by atoms with van der Waals surface area (Å²) in [4.78, 5) is 26.1. The molecule has 1 fully saturated rings. The third-order valence-corrected chi connectivity index (χ3v) is 6.77. The van der Waals surface area contributed by atoms with Gasteiger partial charge in [0.1, 0.15) is 5.56 Å². The quantitative estimate of drug-likeness (QED) is 0.273. The van der Waals surface area contributed by atoms with Gasteiger partial charge in [0.2, 0.25) is 0 Å². The SMILES string of the molecule is CCOC(=O)c1c(OS(=O)(=O)C(F)(F)F)cc(C2CCCC2)c(C(=O)OC)c1-c1ccc(C)cc1. The van der Waals surface area contributed by atoms with Crippen molar-refractivity contribution in [3.05, 3.63) is 52.6 Å². The van der Waals surface area contributed by atoms with Crippen LogP contribution in [0, 0.1) is 6.92 Å². The summed E-state index contributed by atoms with van der Waals surface area (Å²) in [5.74, 6) is -3.09. The van der Waals surface area contributed by atoms with Gasteiger partial charge in [0.25, 0.3) is 0 Å². The van der Waals surface area contributed by atoms with Crippen LogP contribution in [0.4, 0.5) is 13.2 Å². The zero-order valence-corrected chi connectivity index (χ0v) is 20.2. The lowest BCUT2D eigenvalue weighted by molar-refractivity contribution is -0.0500. The van der Waals surface area contributed by atoms with Gasteiger partial charge in [-0.2, -0.15) is 21.6 Å². The number of esters is 2. The maximum absolute atomic E-state index is 13.2. The summed E-state index contributed by atoms with van der Waals surface area (Å²) in [6, 6.07) is 7.52. The average Bonchev–Trinajstić information content (AvgIpc) is 3.32. The highest BCUT2D eigenvalue weighted by molar-refractivity contribution is 7.88. The van der Waals surface area contributed by atoms with Crippen molar-refractivity contribution < 1.29 is 44.8 Å². The summed E-state index contributed by atoms with van der Waals surface area (Å²) >= 11 is 0. The fourth-order valence-corrected chi connectivity index (χ4v) is 4.67. The van der Waals surface area contributed by atoms with Crippen LogP contribution in [0.1, 0.15) is 70.4 Å². The zero-order valence-electron chi connectivity index (χ0n) is 19.4. The van der Waals surface area contributed by atoms with E-state index in [0.29, 0.717) is 12.8 Å². The summed E-state index contributed by atoms with van der Waals surface area (Å²) in [6.07, 6.45) is 2.84. The normalized spacial score (nSPS) is 14.6. The van der Waals surface area contributed by atoms with E-state index >= 15 is 0 Å². The molecule has 0 spiro atoms. The van der Waals surface area contributed by atoms with Crippen LogP contribution in [-0.2, 0) is 19.6 Å². The van der Waals surface area contributed by atoms with E-state index in [2.05, 4.69) is 4.18 Å². The lowest BCUT2D eigenvalue weighted by atomic mass is 9.84. The Morgan fingerprint density at radius 3 is 2.14 bits per heavy atom. The van der Waals surface area contributed by atoms with Gasteiger partial charge >= 0.3 is 27.6 Å². The van der Waals surface area contributed by atoms with Crippen LogP contribution >= 0.6 is 0 Å². The Morgan fingerprint density at radius 2 is 1.63 bits per heavy atom. The molecular weight excluding hydrogens is 489 g/mol. The topological polar surface area (TPSA) is 96.0 Å². The van der Waals surface area contributed by atoms with Crippen LogP contribution in [0.25, 0.3) is 11.1 Å². The fourth-order valence-electron chi connectivity index (χ4n) is 4.20. The molecule has 0 heterocycles. The number of carbonyl (C=O) groups is 2. The van der Waals surface area contributed by atoms with E-state index in [1.807, 2.05) is 0 Å². The largest absolute Gasteiger partial charge is 0.534 e. The first kappa shape index (κ1) is 26.5. The maximum Gasteiger partial charge on any atom is 0.534 e. The first-order valence-electron chi connectivity index (χ1n) is 10.9. The summed E-state index contributed by atoms with van der Waals surface area (Å²) in [7, 11) is -4.99. The Bertz CT molecular complexity index is 1210. The minimum Gasteiger partial charge on any atom is -0.465 e. The van der Waals surface area contributed by atoms with Gasteiger partial charge in [0, 0.05) is 5.56 Å². The second kappa shape index (κ2) is 10.3. The highest BCUT2D eigenvalue weighted by atomic mass is 32.2. The molecular formula is C24H25F3O7S. The van der Waals surface area contributed by atoms with Gasteiger partial charge in [0.15, 0.2) is 5.75 Å². The van der Waals surface area contributed by atoms with Crippen molar-refractivity contribution in [2.24, 2.45) is 0 Å². The number of rotatable bonds is 7. The second-order valence-electron chi connectivity index (χ2n) is 8.13. The monoisotopic (exact) mass is 514 g/mol. The fraction of sp³-hybridized carbons (Fsp3) is 0.417. The van der Waals surface area contributed by atoms with Crippen LogP contribution in [-0.4, -0.2) is 39.6 Å². The van der Waals surface area contributed by atoms with Crippen molar-refractivity contribution >= 4 is 22.1 Å². The number of halogens is 3. The number of ether oxygens (including phenoxy) is 2. The second-order valence-corrected chi connectivity index (χ2v) is 9.67. The molecule has 1 aliphatic rings. The molecule has 1 aliphatic carbocycles. The van der Waals surface area contributed by atoms with Gasteiger partial charge < -0.3 is 13.7 Å². The van der Waals surface area contributed by atoms with Crippen LogP contribution in [0.3, 0.4) is 0 Å². The number of methoxy groups -OCH3 is 1. The molecule has 0 aromatic heterocycles. The lowest BCUT2D eigenvalue weighted by Gasteiger charge is -2.23. The van der Waals surface area contributed by atoms with Crippen LogP contribution < -0.4 is 4.18 Å². The standard InChI is InChI=1S/C24H25F3O7S/c1-4-33-23(29)21-18(34-35(30,31)24(25,26)27)13-17(15-7-5-6-8-15)20(22(28)32-3)19(21)16-11-9-14(2)10-12-16/h9-13,15H,4-8H2,1-3H3. The molecule has 7 nitrogen and oxygen atoms in total. The van der Waals surface area contributed by atoms with Gasteiger partial charge in [-0.05, 0) is 49.8 Å². The minimum absolute atomic E-state index is 0.0388. The van der Waals surface area contributed by atoms with Gasteiger partial charge in [-0.3, -0.25) is 0 Å². The van der Waals surface area contributed by atoms with Crippen molar-refractivity contribution in [3.63, 3.8) is 0 Å². The molecule has 35 heavy (non-hydrogen) atoms. The molecule has 0 amide bonds. The van der Waals surface area contributed by atoms with Crippen LogP contribution in [0.5, 0.6) is 5.75 Å². The van der Waals surface area contributed by atoms with E-state index in [9.17, 15) is 31.2 Å². The zero-order chi connectivity index (χ0) is 26.0. The van der Waals surface area contributed by atoms with Gasteiger partial charge in [-0.25, -0.2) is 9.59 Å². The molecule has 0 aliphatic heterocycles. The van der Waals surface area contributed by atoms with Crippen molar-refractivity contribution in [2.45, 2.75) is 51.0 Å². The van der Waals surface area contributed by atoms with Gasteiger partial charge in [-0.1, -0.05) is 42.7 Å². The molecule has 190 valence electrons. The Balaban J connectivity index is 2.47. The number of benzene rings is 2. The molecule has 0 bridgehead atoms. The number of alkyl halides is 3. The highest BCUT2D eigenvalue weighted by Gasteiger charge is 2.49. The molecule has 11 heteroatoms. The molecule has 0 unspecified atom stereocenters. The van der Waals surface area contributed by atoms with Crippen LogP contribution in [0.2, 0.25) is 0 Å². The van der Waals surface area contributed by atoms with E-state index < -0.39 is 38.9 Å². The van der Waals surface area contributed by atoms with E-state index in [0.717, 1.165) is 31.6 Å². The van der Waals surface area contributed by atoms with Crippen LogP contribution in [0.15, 0.2) is 30.3 Å². The molecule has 0 N–H and O–H groups in total. The summed E-state index contributed by atoms with van der Waals surface area (Å²) in [5, 5.41) is 0. The number of aryl methyl sites for hydroxylation is 1. The third-order valence-electron chi connectivity index (χ3n) is 5.81. The van der Waals surface area contributed by atoms with Gasteiger partial charge in [-0.15, -0.1) is 0 Å². The highest BCUT2D eigenvalue weighted by Crippen LogP contribution is 2.45. The number of hydrogen-bond donors (Lipinski definition) is 0. The molecule has 1 saturated carbocycles. The van der Waals surface area contributed by atoms with E-state index in [-0.39, 0.29) is 34.8 Å². The first-order valence-corrected chi connectivity index (χ1v) is 12.4. The number of carbonyl (C=O) groups excluding carboxylic acids is 2. The van der Waals surface area contributed by atoms with Crippen molar-refractivity contribution in [2.75, 3.05) is 13.7 Å². The van der Waals surface area contributed by atoms with E-state index in [1.165, 1.54) is 6.92 Å². The average molecular weight is 515 g/mol. The molecule has 3 rings (SSSR count). The summed E-state index contributed by atoms with van der Waals surface area (Å²) in [5.41, 5.74) is -5.11. The van der Waals surface area contributed by atoms with Crippen molar-refractivity contribution in [3.8, 4) is 16.9 Å². The smallest absolute Gasteiger partial charge is 0.465 e. The molecule has 0 radical (unpaired) electrons. The molecule has 2 aromatic carbocycles. The Kier molecular flexibility index (Phi) is 7.78. The molecule has 0 atom stereocenters. The maximum atomic E-state index is 13.2. The first-order chi connectivity index (χ1) is 16.4. The Hall–Kier alpha value is -3.08. The third kappa shape index (κ3) is 5.44. The van der Waals surface area contributed by atoms with Crippen molar-refractivity contribution in [1.29, 1.82) is 0 Å². The predicted molar refractivity (Wildman–Crippen MR) is 121 cm³/mol. The Morgan fingerprint density at radius 1 is 1.03 bits per heavy atom. The van der Waals surface area contributed by atoms with Gasteiger partial charge in [0.05, 0.1) is 19.3 Å². The molecule has 0 saturated heterocycles. The Labute approximate surface area is 201 Å². The van der Waals surface area contributed by atoms with Crippen molar-refractivity contribution in [1.82, 2.24) is 0 Å².